The van der Waals surface area contributed by atoms with Crippen molar-refractivity contribution in [1.82, 2.24) is 4.90 Å². The van der Waals surface area contributed by atoms with Crippen molar-refractivity contribution in [1.29, 1.82) is 0 Å². The van der Waals surface area contributed by atoms with E-state index in [1.807, 2.05) is 30.3 Å². The Morgan fingerprint density at radius 2 is 1.62 bits per heavy atom. The molecule has 0 radical (unpaired) electrons. The highest BCUT2D eigenvalue weighted by molar-refractivity contribution is 6.05. The standard InChI is InChI=1S/C24H20FNO3/c1-29-18-13-11-17(12-14-18)21-22(19-9-5-6-10-20(19)25)26(24(28)23(21)27)15-16-7-3-2-4-8-16/h2-14,22,27H,15H2,1H3/t22-/m1/s1. The Morgan fingerprint density at radius 1 is 0.966 bits per heavy atom. The van der Waals surface area contributed by atoms with Crippen LogP contribution in [0.5, 0.6) is 5.75 Å². The van der Waals surface area contributed by atoms with Gasteiger partial charge in [0.05, 0.1) is 13.2 Å². The molecule has 5 heteroatoms. The van der Waals surface area contributed by atoms with Crippen molar-refractivity contribution in [2.24, 2.45) is 0 Å². The van der Waals surface area contributed by atoms with Crippen molar-refractivity contribution in [2.45, 2.75) is 12.6 Å². The number of rotatable bonds is 5. The Kier molecular flexibility index (Phi) is 5.04. The molecule has 146 valence electrons. The van der Waals surface area contributed by atoms with E-state index in [4.69, 9.17) is 4.74 Å². The molecule has 0 aliphatic carbocycles. The summed E-state index contributed by atoms with van der Waals surface area (Å²) < 4.78 is 19.9. The average molecular weight is 389 g/mol. The van der Waals surface area contributed by atoms with Crippen LogP contribution in [-0.2, 0) is 11.3 Å². The summed E-state index contributed by atoms with van der Waals surface area (Å²) in [7, 11) is 1.56. The van der Waals surface area contributed by atoms with E-state index in [2.05, 4.69) is 0 Å². The van der Waals surface area contributed by atoms with Crippen LogP contribution in [0.2, 0.25) is 0 Å². The first kappa shape index (κ1) is 18.7. The molecule has 1 aliphatic heterocycles. The summed E-state index contributed by atoms with van der Waals surface area (Å²) in [4.78, 5) is 14.5. The fourth-order valence-electron chi connectivity index (χ4n) is 3.68. The molecular weight excluding hydrogens is 369 g/mol. The number of carbonyl (C=O) groups excluding carboxylic acids is 1. The van der Waals surface area contributed by atoms with Crippen molar-refractivity contribution in [3.8, 4) is 5.75 Å². The number of halogens is 1. The lowest BCUT2D eigenvalue weighted by Crippen LogP contribution is -2.30. The highest BCUT2D eigenvalue weighted by Gasteiger charge is 2.42. The average Bonchev–Trinajstić information content (AvgIpc) is 3.00. The van der Waals surface area contributed by atoms with E-state index in [1.165, 1.54) is 11.0 Å². The van der Waals surface area contributed by atoms with Crippen LogP contribution >= 0.6 is 0 Å². The number of aliphatic hydroxyl groups excluding tert-OH is 1. The van der Waals surface area contributed by atoms with Gasteiger partial charge in [0, 0.05) is 17.7 Å². The van der Waals surface area contributed by atoms with Crippen LogP contribution in [0.25, 0.3) is 5.57 Å². The van der Waals surface area contributed by atoms with Crippen LogP contribution < -0.4 is 4.74 Å². The van der Waals surface area contributed by atoms with Crippen LogP contribution in [0.4, 0.5) is 4.39 Å². The van der Waals surface area contributed by atoms with Gasteiger partial charge in [0.25, 0.3) is 5.91 Å². The van der Waals surface area contributed by atoms with Gasteiger partial charge in [-0.1, -0.05) is 60.7 Å². The molecule has 1 N–H and O–H groups in total. The molecule has 0 spiro atoms. The minimum absolute atomic E-state index is 0.252. The Bertz CT molecular complexity index is 1060. The van der Waals surface area contributed by atoms with Crippen LogP contribution in [-0.4, -0.2) is 23.0 Å². The maximum Gasteiger partial charge on any atom is 0.290 e. The minimum atomic E-state index is -0.739. The number of hydrogen-bond acceptors (Lipinski definition) is 3. The molecule has 3 aromatic carbocycles. The molecule has 29 heavy (non-hydrogen) atoms. The number of methoxy groups -OCH3 is 1. The van der Waals surface area contributed by atoms with Crippen molar-refractivity contribution in [3.63, 3.8) is 0 Å². The van der Waals surface area contributed by atoms with Gasteiger partial charge in [-0.3, -0.25) is 4.79 Å². The molecule has 4 nitrogen and oxygen atoms in total. The molecular formula is C24H20FNO3. The molecule has 1 amide bonds. The molecule has 1 aliphatic rings. The van der Waals surface area contributed by atoms with E-state index in [-0.39, 0.29) is 12.3 Å². The van der Waals surface area contributed by atoms with Gasteiger partial charge < -0.3 is 14.7 Å². The number of nitrogens with zero attached hydrogens (tertiary/aromatic N) is 1. The smallest absolute Gasteiger partial charge is 0.290 e. The fraction of sp³-hybridized carbons (Fsp3) is 0.125. The molecule has 1 heterocycles. The number of benzene rings is 3. The second-order valence-corrected chi connectivity index (χ2v) is 6.83. The lowest BCUT2D eigenvalue weighted by Gasteiger charge is -2.28. The van der Waals surface area contributed by atoms with E-state index in [0.29, 0.717) is 22.4 Å². The number of amides is 1. The van der Waals surface area contributed by atoms with Gasteiger partial charge in [-0.2, -0.15) is 0 Å². The normalized spacial score (nSPS) is 16.4. The second-order valence-electron chi connectivity index (χ2n) is 6.83. The van der Waals surface area contributed by atoms with E-state index in [0.717, 1.165) is 5.56 Å². The molecule has 4 rings (SSSR count). The summed E-state index contributed by atoms with van der Waals surface area (Å²) in [6.07, 6.45) is 0. The van der Waals surface area contributed by atoms with Crippen molar-refractivity contribution in [2.75, 3.05) is 7.11 Å². The Hall–Kier alpha value is -3.60. The predicted molar refractivity (Wildman–Crippen MR) is 109 cm³/mol. The largest absolute Gasteiger partial charge is 0.503 e. The summed E-state index contributed by atoms with van der Waals surface area (Å²) in [5, 5.41) is 10.7. The van der Waals surface area contributed by atoms with Crippen LogP contribution in [0.1, 0.15) is 22.7 Å². The first-order valence-corrected chi connectivity index (χ1v) is 9.27. The van der Waals surface area contributed by atoms with Gasteiger partial charge >= 0.3 is 0 Å². The Morgan fingerprint density at radius 3 is 2.28 bits per heavy atom. The van der Waals surface area contributed by atoms with E-state index < -0.39 is 17.8 Å². The number of carbonyl (C=O) groups is 1. The molecule has 0 saturated carbocycles. The van der Waals surface area contributed by atoms with Gasteiger partial charge in [-0.25, -0.2) is 4.39 Å². The van der Waals surface area contributed by atoms with Gasteiger partial charge in [0.15, 0.2) is 5.76 Å². The van der Waals surface area contributed by atoms with Crippen molar-refractivity contribution < 1.29 is 19.0 Å². The zero-order chi connectivity index (χ0) is 20.4. The topological polar surface area (TPSA) is 49.8 Å². The van der Waals surface area contributed by atoms with Gasteiger partial charge in [-0.05, 0) is 29.3 Å². The summed E-state index contributed by atoms with van der Waals surface area (Å²) in [5.41, 5.74) is 2.26. The summed E-state index contributed by atoms with van der Waals surface area (Å²) in [6.45, 7) is 0.252. The van der Waals surface area contributed by atoms with Crippen LogP contribution in [0.3, 0.4) is 0 Å². The second kappa shape index (κ2) is 7.80. The zero-order valence-corrected chi connectivity index (χ0v) is 15.9. The van der Waals surface area contributed by atoms with Gasteiger partial charge in [0.1, 0.15) is 11.6 Å². The maximum absolute atomic E-state index is 14.8. The molecule has 0 bridgehead atoms. The summed E-state index contributed by atoms with van der Waals surface area (Å²) in [5.74, 6) is -0.655. The highest BCUT2D eigenvalue weighted by atomic mass is 19.1. The lowest BCUT2D eigenvalue weighted by molar-refractivity contribution is -0.130. The Balaban J connectivity index is 1.83. The van der Waals surface area contributed by atoms with E-state index >= 15 is 0 Å². The third-order valence-corrected chi connectivity index (χ3v) is 5.10. The Labute approximate surface area is 168 Å². The third-order valence-electron chi connectivity index (χ3n) is 5.10. The molecule has 0 aromatic heterocycles. The predicted octanol–water partition coefficient (Wildman–Crippen LogP) is 4.89. The van der Waals surface area contributed by atoms with E-state index in [1.54, 1.807) is 49.6 Å². The van der Waals surface area contributed by atoms with Crippen LogP contribution in [0.15, 0.2) is 84.6 Å². The summed E-state index contributed by atoms with van der Waals surface area (Å²) in [6, 6.07) is 22.1. The fourth-order valence-corrected chi connectivity index (χ4v) is 3.68. The number of aliphatic hydroxyl groups is 1. The number of ether oxygens (including phenoxy) is 1. The molecule has 1 atom stereocenters. The molecule has 3 aromatic rings. The lowest BCUT2D eigenvalue weighted by atomic mass is 9.93. The quantitative estimate of drug-likeness (QED) is 0.676. The molecule has 0 unspecified atom stereocenters. The first-order chi connectivity index (χ1) is 14.1. The number of hydrogen-bond donors (Lipinski definition) is 1. The van der Waals surface area contributed by atoms with Gasteiger partial charge in [-0.15, -0.1) is 0 Å². The minimum Gasteiger partial charge on any atom is -0.503 e. The molecule has 0 fully saturated rings. The van der Waals surface area contributed by atoms with Crippen LogP contribution in [0, 0.1) is 5.82 Å². The highest BCUT2D eigenvalue weighted by Crippen LogP contribution is 2.44. The van der Waals surface area contributed by atoms with Gasteiger partial charge in [0.2, 0.25) is 0 Å². The SMILES string of the molecule is COc1ccc(C2=C(O)C(=O)N(Cc3ccccc3)[C@@H]2c2ccccc2F)cc1. The monoisotopic (exact) mass is 389 g/mol. The third kappa shape index (κ3) is 3.47. The maximum atomic E-state index is 14.8. The first-order valence-electron chi connectivity index (χ1n) is 9.27. The molecule has 0 saturated heterocycles. The zero-order valence-electron chi connectivity index (χ0n) is 15.9. The van der Waals surface area contributed by atoms with Crippen molar-refractivity contribution >= 4 is 11.5 Å². The van der Waals surface area contributed by atoms with Crippen molar-refractivity contribution in [3.05, 3.63) is 107 Å². The van der Waals surface area contributed by atoms with E-state index in [9.17, 15) is 14.3 Å². The summed E-state index contributed by atoms with van der Waals surface area (Å²) >= 11 is 0.